The molecule has 0 saturated heterocycles. The highest BCUT2D eigenvalue weighted by Crippen LogP contribution is 2.12. The Balaban J connectivity index is 3.13. The van der Waals surface area contributed by atoms with Crippen molar-refractivity contribution in [2.75, 3.05) is 6.54 Å². The molecular weight excluding hydrogens is 556 g/mol. The van der Waals surface area contributed by atoms with Crippen molar-refractivity contribution in [3.05, 3.63) is 29.8 Å². The Morgan fingerprint density at radius 3 is 1.88 bits per heavy atom. The van der Waals surface area contributed by atoms with Gasteiger partial charge in [-0.25, -0.2) is 4.79 Å². The molecule has 0 bridgehead atoms. The summed E-state index contributed by atoms with van der Waals surface area (Å²) in [4.78, 5) is 76.8. The fourth-order valence-corrected chi connectivity index (χ4v) is 3.63. The Morgan fingerprint density at radius 2 is 1.33 bits per heavy atom. The first-order chi connectivity index (χ1) is 19.7. The summed E-state index contributed by atoms with van der Waals surface area (Å²) in [5, 5.41) is 35.1. The maximum absolute atomic E-state index is 13.3. The van der Waals surface area contributed by atoms with E-state index in [1.165, 1.54) is 24.3 Å². The van der Waals surface area contributed by atoms with Crippen LogP contribution < -0.4 is 38.9 Å². The lowest BCUT2D eigenvalue weighted by Crippen LogP contribution is -2.57. The highest BCUT2D eigenvalue weighted by molar-refractivity contribution is 5.94. The summed E-state index contributed by atoms with van der Waals surface area (Å²) in [5.74, 6) is -6.19. The molecular formula is C25H38N8O9. The predicted molar refractivity (Wildman–Crippen MR) is 148 cm³/mol. The molecule has 0 fully saturated rings. The van der Waals surface area contributed by atoms with Crippen LogP contribution in [0.25, 0.3) is 0 Å². The van der Waals surface area contributed by atoms with Gasteiger partial charge in [0.25, 0.3) is 0 Å². The number of carbonyl (C=O) groups is 6. The van der Waals surface area contributed by atoms with Crippen LogP contribution >= 0.6 is 0 Å². The van der Waals surface area contributed by atoms with E-state index < -0.39 is 66.2 Å². The van der Waals surface area contributed by atoms with E-state index in [2.05, 4.69) is 20.9 Å². The summed E-state index contributed by atoms with van der Waals surface area (Å²) < 4.78 is 0. The van der Waals surface area contributed by atoms with E-state index in [0.29, 0.717) is 5.56 Å². The molecule has 0 saturated carbocycles. The van der Waals surface area contributed by atoms with Crippen molar-refractivity contribution < 1.29 is 44.1 Å². The molecule has 4 atom stereocenters. The van der Waals surface area contributed by atoms with Gasteiger partial charge in [-0.3, -0.25) is 29.0 Å². The number of hydrogen-bond acceptors (Lipinski definition) is 9. The number of aliphatic imine (C=N–C) groups is 1. The number of aromatic hydroxyl groups is 1. The smallest absolute Gasteiger partial charge is 0.326 e. The van der Waals surface area contributed by atoms with E-state index in [1.54, 1.807) is 0 Å². The number of nitrogens with zero attached hydrogens (tertiary/aromatic N) is 1. The number of nitrogens with one attached hydrogen (secondary N) is 3. The standard InChI is InChI=1S/C25H38N8O9/c26-15(7-10-20(36)37)21(38)33-18(12-13-3-5-14(34)6-4-13)23(40)31-16(8-9-19(27)35)22(39)32-17(24(41)42)2-1-11-30-25(28)29/h3-6,15-18,34H,1-2,7-12,26H2,(H2,27,35)(H,31,40)(H,32,39)(H,33,38)(H,36,37)(H,41,42)(H4,28,29,30). The molecule has 0 aliphatic rings. The van der Waals surface area contributed by atoms with Crippen molar-refractivity contribution in [2.45, 2.75) is 69.1 Å². The first-order valence-corrected chi connectivity index (χ1v) is 12.9. The second-order valence-electron chi connectivity index (χ2n) is 9.39. The molecule has 1 rings (SSSR count). The van der Waals surface area contributed by atoms with Gasteiger partial charge in [-0.1, -0.05) is 12.1 Å². The first-order valence-electron chi connectivity index (χ1n) is 12.9. The number of rotatable bonds is 19. The molecule has 0 spiro atoms. The minimum absolute atomic E-state index is 0.0473. The van der Waals surface area contributed by atoms with Gasteiger partial charge in [0, 0.05) is 25.8 Å². The van der Waals surface area contributed by atoms with E-state index in [-0.39, 0.29) is 56.8 Å². The lowest BCUT2D eigenvalue weighted by atomic mass is 10.0. The quantitative estimate of drug-likeness (QED) is 0.0435. The van der Waals surface area contributed by atoms with Crippen molar-refractivity contribution >= 4 is 41.5 Å². The van der Waals surface area contributed by atoms with Gasteiger partial charge in [0.05, 0.1) is 6.04 Å². The van der Waals surface area contributed by atoms with Gasteiger partial charge < -0.3 is 54.2 Å². The van der Waals surface area contributed by atoms with E-state index in [1.807, 2.05) is 0 Å². The molecule has 4 unspecified atom stereocenters. The lowest BCUT2D eigenvalue weighted by Gasteiger charge is -2.25. The number of carboxylic acid groups (broad SMARTS) is 2. The maximum Gasteiger partial charge on any atom is 0.326 e. The van der Waals surface area contributed by atoms with Crippen LogP contribution in [0.15, 0.2) is 29.3 Å². The van der Waals surface area contributed by atoms with Crippen LogP contribution in [0.1, 0.15) is 44.1 Å². The first kappa shape index (κ1) is 35.1. The highest BCUT2D eigenvalue weighted by atomic mass is 16.4. The summed E-state index contributed by atoms with van der Waals surface area (Å²) in [6.07, 6.45) is -1.21. The van der Waals surface area contributed by atoms with Crippen molar-refractivity contribution in [3.8, 4) is 5.75 Å². The van der Waals surface area contributed by atoms with Gasteiger partial charge in [0.1, 0.15) is 23.9 Å². The molecule has 0 aliphatic carbocycles. The molecule has 232 valence electrons. The molecule has 1 aromatic rings. The third kappa shape index (κ3) is 13.9. The Labute approximate surface area is 241 Å². The van der Waals surface area contributed by atoms with Crippen LogP contribution in [0.4, 0.5) is 0 Å². The average molecular weight is 595 g/mol. The number of phenols is 1. The number of primary amides is 1. The Hall–Kier alpha value is -4.93. The zero-order valence-corrected chi connectivity index (χ0v) is 22.8. The SMILES string of the molecule is NC(=O)CCC(NC(=O)C(Cc1ccc(O)cc1)NC(=O)C(N)CCC(=O)O)C(=O)NC(CCCN=C(N)N)C(=O)O. The highest BCUT2D eigenvalue weighted by Gasteiger charge is 2.30. The van der Waals surface area contributed by atoms with E-state index in [9.17, 15) is 39.0 Å². The van der Waals surface area contributed by atoms with Crippen LogP contribution in [0.3, 0.4) is 0 Å². The van der Waals surface area contributed by atoms with Gasteiger partial charge in [-0.05, 0) is 43.4 Å². The molecule has 0 aliphatic heterocycles. The molecule has 17 heteroatoms. The van der Waals surface area contributed by atoms with Crippen LogP contribution in [0.2, 0.25) is 0 Å². The third-order valence-corrected chi connectivity index (χ3v) is 5.89. The molecule has 17 nitrogen and oxygen atoms in total. The second kappa shape index (κ2) is 17.7. The van der Waals surface area contributed by atoms with E-state index >= 15 is 0 Å². The average Bonchev–Trinajstić information content (AvgIpc) is 2.91. The number of hydrogen-bond donors (Lipinski definition) is 10. The normalized spacial score (nSPS) is 13.5. The number of carboxylic acids is 2. The van der Waals surface area contributed by atoms with E-state index in [4.69, 9.17) is 28.0 Å². The molecule has 0 heterocycles. The number of amides is 4. The Morgan fingerprint density at radius 1 is 0.762 bits per heavy atom. The number of carbonyl (C=O) groups excluding carboxylic acids is 4. The Kier molecular flexibility index (Phi) is 14.8. The van der Waals surface area contributed by atoms with Gasteiger partial charge in [0.15, 0.2) is 5.96 Å². The summed E-state index contributed by atoms with van der Waals surface area (Å²) in [7, 11) is 0. The summed E-state index contributed by atoms with van der Waals surface area (Å²) in [6, 6.07) is 0.285. The molecule has 0 aromatic heterocycles. The predicted octanol–water partition coefficient (Wildman–Crippen LogP) is -3.02. The minimum atomic E-state index is -1.43. The fraction of sp³-hybridized carbons (Fsp3) is 0.480. The number of phenolic OH excluding ortho intramolecular Hbond substituents is 1. The molecule has 14 N–H and O–H groups in total. The lowest BCUT2D eigenvalue weighted by molar-refractivity contribution is -0.142. The van der Waals surface area contributed by atoms with Gasteiger partial charge in [-0.15, -0.1) is 0 Å². The van der Waals surface area contributed by atoms with Gasteiger partial charge in [-0.2, -0.15) is 0 Å². The second-order valence-corrected chi connectivity index (χ2v) is 9.39. The van der Waals surface area contributed by atoms with Crippen LogP contribution in [0, 0.1) is 0 Å². The summed E-state index contributed by atoms with van der Waals surface area (Å²) >= 11 is 0. The summed E-state index contributed by atoms with van der Waals surface area (Å²) in [6.45, 7) is 0.108. The molecule has 1 aromatic carbocycles. The number of guanidine groups is 1. The minimum Gasteiger partial charge on any atom is -0.508 e. The molecule has 0 radical (unpaired) electrons. The molecule has 4 amide bonds. The van der Waals surface area contributed by atoms with Crippen LogP contribution in [-0.4, -0.2) is 87.6 Å². The van der Waals surface area contributed by atoms with Gasteiger partial charge >= 0.3 is 11.9 Å². The van der Waals surface area contributed by atoms with Crippen molar-refractivity contribution in [1.29, 1.82) is 0 Å². The van der Waals surface area contributed by atoms with Crippen LogP contribution in [-0.2, 0) is 35.2 Å². The number of aliphatic carboxylic acids is 2. The zero-order chi connectivity index (χ0) is 31.8. The van der Waals surface area contributed by atoms with Crippen LogP contribution in [0.5, 0.6) is 5.75 Å². The van der Waals surface area contributed by atoms with E-state index in [0.717, 1.165) is 0 Å². The third-order valence-electron chi connectivity index (χ3n) is 5.89. The van der Waals surface area contributed by atoms with Crippen molar-refractivity contribution in [2.24, 2.45) is 27.9 Å². The fourth-order valence-electron chi connectivity index (χ4n) is 3.63. The number of benzene rings is 1. The monoisotopic (exact) mass is 594 g/mol. The van der Waals surface area contributed by atoms with Gasteiger partial charge in [0.2, 0.25) is 23.6 Å². The maximum atomic E-state index is 13.3. The topological polar surface area (TPSA) is 316 Å². The summed E-state index contributed by atoms with van der Waals surface area (Å²) in [5.41, 5.74) is 22.0. The van der Waals surface area contributed by atoms with Crippen molar-refractivity contribution in [1.82, 2.24) is 16.0 Å². The van der Waals surface area contributed by atoms with Crippen molar-refractivity contribution in [3.63, 3.8) is 0 Å². The number of nitrogens with two attached hydrogens (primary N) is 4. The Bertz CT molecular complexity index is 1140. The largest absolute Gasteiger partial charge is 0.508 e. The molecule has 42 heavy (non-hydrogen) atoms. The zero-order valence-electron chi connectivity index (χ0n) is 22.8.